The summed E-state index contributed by atoms with van der Waals surface area (Å²) in [4.78, 5) is 1.25. The molecule has 1 aliphatic heterocycles. The molecular weight excluding hydrogens is 348 g/mol. The topological polar surface area (TPSA) is 63.4 Å². The average Bonchev–Trinajstić information content (AvgIpc) is 2.81. The minimum absolute atomic E-state index is 0.368. The van der Waals surface area contributed by atoms with Crippen LogP contribution in [-0.4, -0.2) is 25.8 Å². The van der Waals surface area contributed by atoms with Gasteiger partial charge >= 0.3 is 0 Å². The van der Waals surface area contributed by atoms with Crippen LogP contribution in [0.15, 0.2) is 14.7 Å². The van der Waals surface area contributed by atoms with Crippen molar-refractivity contribution in [1.82, 2.24) is 4.31 Å². The first-order chi connectivity index (χ1) is 8.98. The van der Waals surface area contributed by atoms with E-state index in [-0.39, 0.29) is 0 Å². The molecule has 0 aromatic carbocycles. The number of hydrogen-bond acceptors (Lipinski definition) is 4. The number of halogens is 1. The van der Waals surface area contributed by atoms with Gasteiger partial charge in [0.2, 0.25) is 10.0 Å². The number of rotatable bonds is 4. The van der Waals surface area contributed by atoms with Crippen LogP contribution < -0.4 is 5.73 Å². The molecule has 0 aliphatic carbocycles. The highest BCUT2D eigenvalue weighted by Crippen LogP contribution is 2.34. The second kappa shape index (κ2) is 6.22. The van der Waals surface area contributed by atoms with E-state index < -0.39 is 10.0 Å². The molecule has 0 atom stereocenters. The van der Waals surface area contributed by atoms with Crippen molar-refractivity contribution in [2.75, 3.05) is 13.1 Å². The highest BCUT2D eigenvalue weighted by Gasteiger charge is 2.31. The lowest BCUT2D eigenvalue weighted by atomic mass is 9.96. The first kappa shape index (κ1) is 15.4. The molecule has 1 saturated heterocycles. The summed E-state index contributed by atoms with van der Waals surface area (Å²) in [6.07, 6.45) is 3.05. The molecule has 2 N–H and O–H groups in total. The molecule has 1 aliphatic rings. The van der Waals surface area contributed by atoms with E-state index in [1.165, 1.54) is 11.3 Å². The predicted molar refractivity (Wildman–Crippen MR) is 81.7 cm³/mol. The van der Waals surface area contributed by atoms with Gasteiger partial charge in [0.05, 0.1) is 3.79 Å². The standard InChI is InChI=1S/C12H19BrN2O2S2/c1-2-9-3-5-15(6-4-9)19(16,17)11-7-10(8-14)18-12(11)13/h7,9H,2-6,8,14H2,1H3. The number of nitrogens with zero attached hydrogens (tertiary/aromatic N) is 1. The third kappa shape index (κ3) is 3.21. The van der Waals surface area contributed by atoms with Crippen LogP contribution in [0.3, 0.4) is 0 Å². The van der Waals surface area contributed by atoms with Crippen LogP contribution in [0.1, 0.15) is 31.1 Å². The molecule has 2 heterocycles. The molecule has 7 heteroatoms. The van der Waals surface area contributed by atoms with E-state index in [4.69, 9.17) is 5.73 Å². The van der Waals surface area contributed by atoms with Crippen molar-refractivity contribution < 1.29 is 8.42 Å². The molecular formula is C12H19BrN2O2S2. The Hall–Kier alpha value is 0.0500. The van der Waals surface area contributed by atoms with E-state index in [0.717, 1.165) is 24.1 Å². The van der Waals surface area contributed by atoms with Crippen molar-refractivity contribution in [3.05, 3.63) is 14.7 Å². The van der Waals surface area contributed by atoms with Crippen molar-refractivity contribution in [3.63, 3.8) is 0 Å². The Morgan fingerprint density at radius 1 is 1.47 bits per heavy atom. The summed E-state index contributed by atoms with van der Waals surface area (Å²) in [5, 5.41) is 0. The Balaban J connectivity index is 2.20. The minimum Gasteiger partial charge on any atom is -0.326 e. The van der Waals surface area contributed by atoms with Crippen LogP contribution in [-0.2, 0) is 16.6 Å². The summed E-state index contributed by atoms with van der Waals surface area (Å²) in [6.45, 7) is 3.79. The Bertz CT molecular complexity index is 534. The molecule has 0 spiro atoms. The molecule has 19 heavy (non-hydrogen) atoms. The summed E-state index contributed by atoms with van der Waals surface area (Å²) in [7, 11) is -3.37. The van der Waals surface area contributed by atoms with Gasteiger partial charge in [0.15, 0.2) is 0 Å². The van der Waals surface area contributed by atoms with Crippen LogP contribution >= 0.6 is 27.3 Å². The van der Waals surface area contributed by atoms with E-state index in [1.54, 1.807) is 10.4 Å². The van der Waals surface area contributed by atoms with Crippen molar-refractivity contribution in [1.29, 1.82) is 0 Å². The normalized spacial score (nSPS) is 18.9. The van der Waals surface area contributed by atoms with E-state index in [2.05, 4.69) is 22.9 Å². The van der Waals surface area contributed by atoms with Gasteiger partial charge in [-0.05, 0) is 40.8 Å². The Morgan fingerprint density at radius 2 is 2.11 bits per heavy atom. The number of thiophene rings is 1. The number of hydrogen-bond donors (Lipinski definition) is 1. The first-order valence-corrected chi connectivity index (χ1v) is 9.52. The fourth-order valence-electron chi connectivity index (χ4n) is 2.37. The molecule has 0 bridgehead atoms. The molecule has 1 aromatic rings. The Kier molecular flexibility index (Phi) is 5.05. The van der Waals surface area contributed by atoms with Gasteiger partial charge < -0.3 is 5.73 Å². The largest absolute Gasteiger partial charge is 0.326 e. The zero-order chi connectivity index (χ0) is 14.0. The third-order valence-corrected chi connectivity index (χ3v) is 7.85. The van der Waals surface area contributed by atoms with Crippen LogP contribution in [0.2, 0.25) is 0 Å². The maximum Gasteiger partial charge on any atom is 0.245 e. The van der Waals surface area contributed by atoms with Crippen LogP contribution in [0.4, 0.5) is 0 Å². The summed E-state index contributed by atoms with van der Waals surface area (Å²) in [5.74, 6) is 0.664. The number of nitrogens with two attached hydrogens (primary N) is 1. The molecule has 108 valence electrons. The predicted octanol–water partition coefficient (Wildman–Crippen LogP) is 2.78. The van der Waals surface area contributed by atoms with Gasteiger partial charge in [-0.2, -0.15) is 4.31 Å². The van der Waals surface area contributed by atoms with E-state index in [0.29, 0.717) is 34.2 Å². The third-order valence-electron chi connectivity index (χ3n) is 3.68. The molecule has 1 fully saturated rings. The monoisotopic (exact) mass is 366 g/mol. The number of sulfonamides is 1. The lowest BCUT2D eigenvalue weighted by molar-refractivity contribution is 0.269. The van der Waals surface area contributed by atoms with Crippen LogP contribution in [0, 0.1) is 5.92 Å². The second-order valence-corrected chi connectivity index (χ2v) is 9.17. The van der Waals surface area contributed by atoms with Gasteiger partial charge in [0.1, 0.15) is 4.90 Å². The SMILES string of the molecule is CCC1CCN(S(=O)(=O)c2cc(CN)sc2Br)CC1. The quantitative estimate of drug-likeness (QED) is 0.890. The van der Waals surface area contributed by atoms with Crippen molar-refractivity contribution in [3.8, 4) is 0 Å². The molecule has 4 nitrogen and oxygen atoms in total. The zero-order valence-electron chi connectivity index (χ0n) is 10.9. The van der Waals surface area contributed by atoms with E-state index in [1.807, 2.05) is 0 Å². The lowest BCUT2D eigenvalue weighted by Gasteiger charge is -2.30. The molecule has 0 radical (unpaired) electrons. The summed E-state index contributed by atoms with van der Waals surface area (Å²) in [5.41, 5.74) is 5.57. The molecule has 0 saturated carbocycles. The highest BCUT2D eigenvalue weighted by molar-refractivity contribution is 9.11. The first-order valence-electron chi connectivity index (χ1n) is 6.47. The Morgan fingerprint density at radius 3 is 2.58 bits per heavy atom. The highest BCUT2D eigenvalue weighted by atomic mass is 79.9. The summed E-state index contributed by atoms with van der Waals surface area (Å²) >= 11 is 4.74. The molecule has 2 rings (SSSR count). The summed E-state index contributed by atoms with van der Waals surface area (Å²) < 4.78 is 27.4. The fourth-order valence-corrected chi connectivity index (χ4v) is 6.35. The second-order valence-electron chi connectivity index (χ2n) is 4.81. The fraction of sp³-hybridized carbons (Fsp3) is 0.667. The number of piperidine rings is 1. The maximum atomic E-state index is 12.6. The average molecular weight is 367 g/mol. The van der Waals surface area contributed by atoms with Crippen LogP contribution in [0.25, 0.3) is 0 Å². The van der Waals surface area contributed by atoms with Crippen molar-refractivity contribution in [2.45, 2.75) is 37.6 Å². The smallest absolute Gasteiger partial charge is 0.245 e. The van der Waals surface area contributed by atoms with Gasteiger partial charge in [-0.15, -0.1) is 11.3 Å². The van der Waals surface area contributed by atoms with Gasteiger partial charge in [-0.1, -0.05) is 13.3 Å². The van der Waals surface area contributed by atoms with Gasteiger partial charge in [0.25, 0.3) is 0 Å². The molecule has 1 aromatic heterocycles. The zero-order valence-corrected chi connectivity index (χ0v) is 14.2. The van der Waals surface area contributed by atoms with Crippen LogP contribution in [0.5, 0.6) is 0 Å². The minimum atomic E-state index is -3.37. The molecule has 0 amide bonds. The van der Waals surface area contributed by atoms with Gasteiger partial charge in [-0.25, -0.2) is 8.42 Å². The van der Waals surface area contributed by atoms with E-state index in [9.17, 15) is 8.42 Å². The lowest BCUT2D eigenvalue weighted by Crippen LogP contribution is -2.38. The van der Waals surface area contributed by atoms with E-state index >= 15 is 0 Å². The van der Waals surface area contributed by atoms with Crippen molar-refractivity contribution >= 4 is 37.3 Å². The van der Waals surface area contributed by atoms with Crippen molar-refractivity contribution in [2.24, 2.45) is 11.7 Å². The van der Waals surface area contributed by atoms with Gasteiger partial charge in [-0.3, -0.25) is 0 Å². The molecule has 0 unspecified atom stereocenters. The summed E-state index contributed by atoms with van der Waals surface area (Å²) in [6, 6.07) is 1.69. The maximum absolute atomic E-state index is 12.6. The van der Waals surface area contributed by atoms with Gasteiger partial charge in [0, 0.05) is 24.5 Å². The Labute approximate surface area is 127 Å².